The molecule has 1 aliphatic heterocycles. The molecule has 1 N–H and O–H groups in total. The van der Waals surface area contributed by atoms with Gasteiger partial charge in [-0.3, -0.25) is 9.59 Å². The first-order valence-corrected chi connectivity index (χ1v) is 7.27. The number of furan rings is 1. The van der Waals surface area contributed by atoms with Crippen molar-refractivity contribution in [1.82, 2.24) is 5.01 Å². The van der Waals surface area contributed by atoms with E-state index in [1.165, 1.54) is 13.2 Å². The number of amides is 1. The minimum atomic E-state index is -1.12. The number of carboxylic acid groups (broad SMARTS) is 1. The van der Waals surface area contributed by atoms with Gasteiger partial charge in [0.1, 0.15) is 11.5 Å². The van der Waals surface area contributed by atoms with Crippen molar-refractivity contribution >= 4 is 34.5 Å². The summed E-state index contributed by atoms with van der Waals surface area (Å²) in [5.74, 6) is -0.775. The Balaban J connectivity index is 2.08. The Hall–Kier alpha value is -2.09. The van der Waals surface area contributed by atoms with Crippen molar-refractivity contribution in [1.29, 1.82) is 0 Å². The average molecular weight is 310 g/mol. The molecule has 0 spiro atoms. The maximum atomic E-state index is 12.1. The summed E-state index contributed by atoms with van der Waals surface area (Å²) < 4.78 is 5.18. The van der Waals surface area contributed by atoms with Crippen LogP contribution in [0.4, 0.5) is 0 Å². The molecule has 1 unspecified atom stereocenters. The molecule has 8 heteroatoms. The summed E-state index contributed by atoms with van der Waals surface area (Å²) in [5, 5.41) is 14.2. The van der Waals surface area contributed by atoms with E-state index in [1.54, 1.807) is 12.1 Å². The number of thioether (sulfide) groups is 1. The molecule has 0 aliphatic carbocycles. The number of carboxylic acids is 1. The van der Waals surface area contributed by atoms with Gasteiger partial charge < -0.3 is 9.52 Å². The highest BCUT2D eigenvalue weighted by Gasteiger charge is 2.37. The third-order valence-corrected chi connectivity index (χ3v) is 3.69. The van der Waals surface area contributed by atoms with Crippen LogP contribution in [0.25, 0.3) is 0 Å². The molecule has 0 aromatic carbocycles. The van der Waals surface area contributed by atoms with Gasteiger partial charge in [-0.2, -0.15) is 5.10 Å². The topological polar surface area (TPSA) is 100 Å². The van der Waals surface area contributed by atoms with Gasteiger partial charge in [-0.15, -0.1) is 0 Å². The van der Waals surface area contributed by atoms with E-state index >= 15 is 0 Å². The lowest BCUT2D eigenvalue weighted by atomic mass is 10.1. The van der Waals surface area contributed by atoms with Crippen molar-refractivity contribution in [2.45, 2.75) is 25.8 Å². The number of aliphatic carboxylic acids is 1. The van der Waals surface area contributed by atoms with E-state index in [4.69, 9.17) is 4.42 Å². The lowest BCUT2D eigenvalue weighted by Gasteiger charge is -2.17. The molecule has 0 bridgehead atoms. The molecule has 0 saturated carbocycles. The Morgan fingerprint density at radius 1 is 1.52 bits per heavy atom. The highest BCUT2D eigenvalue weighted by molar-refractivity contribution is 8.13. The number of carbonyl (C=O) groups excluding carboxylic acids is 2. The molecule has 112 valence electrons. The highest BCUT2D eigenvalue weighted by Crippen LogP contribution is 2.22. The van der Waals surface area contributed by atoms with Crippen LogP contribution in [0.5, 0.6) is 0 Å². The van der Waals surface area contributed by atoms with Crippen LogP contribution in [-0.2, 0) is 14.4 Å². The van der Waals surface area contributed by atoms with Crippen molar-refractivity contribution in [2.24, 2.45) is 5.10 Å². The summed E-state index contributed by atoms with van der Waals surface area (Å²) >= 11 is 1.03. The quantitative estimate of drug-likeness (QED) is 0.881. The first-order valence-electron chi connectivity index (χ1n) is 6.28. The minimum Gasteiger partial charge on any atom is -0.480 e. The Kier molecular flexibility index (Phi) is 4.79. The molecule has 1 aliphatic rings. The zero-order chi connectivity index (χ0) is 15.4. The van der Waals surface area contributed by atoms with E-state index in [1.807, 2.05) is 0 Å². The highest BCUT2D eigenvalue weighted by atomic mass is 32.2. The normalized spacial score (nSPS) is 17.7. The summed E-state index contributed by atoms with van der Waals surface area (Å²) in [6.07, 6.45) is 1.62. The van der Waals surface area contributed by atoms with E-state index in [-0.39, 0.29) is 18.0 Å². The zero-order valence-electron chi connectivity index (χ0n) is 11.3. The summed E-state index contributed by atoms with van der Waals surface area (Å²) in [6.45, 7) is 1.41. The minimum absolute atomic E-state index is 0.0585. The first kappa shape index (κ1) is 15.3. The third kappa shape index (κ3) is 3.72. The molecule has 0 fully saturated rings. The smallest absolute Gasteiger partial charge is 0.329 e. The van der Waals surface area contributed by atoms with Crippen molar-refractivity contribution < 1.29 is 23.9 Å². The molecule has 7 nitrogen and oxygen atoms in total. The van der Waals surface area contributed by atoms with Crippen molar-refractivity contribution in [3.05, 3.63) is 24.2 Å². The number of rotatable bonds is 5. The summed E-state index contributed by atoms with van der Waals surface area (Å²) in [6, 6.07) is 2.30. The second-order valence-corrected chi connectivity index (χ2v) is 5.68. The van der Waals surface area contributed by atoms with Crippen molar-refractivity contribution in [3.63, 3.8) is 0 Å². The number of hydrogen-bond acceptors (Lipinski definition) is 6. The van der Waals surface area contributed by atoms with E-state index < -0.39 is 17.9 Å². The molecule has 1 amide bonds. The Morgan fingerprint density at radius 3 is 2.86 bits per heavy atom. The SMILES string of the molecule is CC(=O)SCCC(=O)N1N=C(c2ccco2)CC1C(=O)O. The average Bonchev–Trinajstić information content (AvgIpc) is 3.07. The monoisotopic (exact) mass is 310 g/mol. The second-order valence-electron chi connectivity index (χ2n) is 4.41. The predicted octanol–water partition coefficient (Wildman–Crippen LogP) is 1.34. The number of carbonyl (C=O) groups is 3. The van der Waals surface area contributed by atoms with Gasteiger partial charge in [-0.1, -0.05) is 11.8 Å². The standard InChI is InChI=1S/C13H14N2O5S/c1-8(16)21-6-4-12(17)15-10(13(18)19)7-9(14-15)11-3-2-5-20-11/h2-3,5,10H,4,6-7H2,1H3,(H,18,19). The number of hydrogen-bond donors (Lipinski definition) is 1. The van der Waals surface area contributed by atoms with Gasteiger partial charge in [0, 0.05) is 25.5 Å². The third-order valence-electron chi connectivity index (χ3n) is 2.88. The molecular weight excluding hydrogens is 296 g/mol. The van der Waals surface area contributed by atoms with Crippen molar-refractivity contribution in [2.75, 3.05) is 5.75 Å². The summed E-state index contributed by atoms with van der Waals surface area (Å²) in [5.41, 5.74) is 0.431. The summed E-state index contributed by atoms with van der Waals surface area (Å²) in [4.78, 5) is 34.1. The fourth-order valence-corrected chi connectivity index (χ4v) is 2.49. The lowest BCUT2D eigenvalue weighted by molar-refractivity contribution is -0.148. The molecule has 0 saturated heterocycles. The summed E-state index contributed by atoms with van der Waals surface area (Å²) in [7, 11) is 0. The van der Waals surface area contributed by atoms with Gasteiger partial charge >= 0.3 is 5.97 Å². The van der Waals surface area contributed by atoms with Crippen LogP contribution < -0.4 is 0 Å². The number of nitrogens with zero attached hydrogens (tertiary/aromatic N) is 2. The van der Waals surface area contributed by atoms with Crippen LogP contribution in [0.2, 0.25) is 0 Å². The maximum Gasteiger partial charge on any atom is 0.329 e. The lowest BCUT2D eigenvalue weighted by Crippen LogP contribution is -2.38. The first-order chi connectivity index (χ1) is 9.99. The zero-order valence-corrected chi connectivity index (χ0v) is 12.1. The van der Waals surface area contributed by atoms with Gasteiger partial charge in [0.2, 0.25) is 5.91 Å². The van der Waals surface area contributed by atoms with Crippen LogP contribution in [-0.4, -0.2) is 44.6 Å². The fourth-order valence-electron chi connectivity index (χ4n) is 1.92. The second kappa shape index (κ2) is 6.57. The van der Waals surface area contributed by atoms with Gasteiger partial charge in [-0.25, -0.2) is 9.80 Å². The van der Waals surface area contributed by atoms with Gasteiger partial charge in [0.25, 0.3) is 0 Å². The van der Waals surface area contributed by atoms with Crippen LogP contribution in [0, 0.1) is 0 Å². The van der Waals surface area contributed by atoms with E-state index in [0.29, 0.717) is 17.2 Å². The molecular formula is C13H14N2O5S. The maximum absolute atomic E-state index is 12.1. The molecule has 2 heterocycles. The fraction of sp³-hybridized carbons (Fsp3) is 0.385. The van der Waals surface area contributed by atoms with Crippen LogP contribution in [0.3, 0.4) is 0 Å². The molecule has 1 atom stereocenters. The van der Waals surface area contributed by atoms with Crippen LogP contribution in [0.15, 0.2) is 27.9 Å². The van der Waals surface area contributed by atoms with Crippen molar-refractivity contribution in [3.8, 4) is 0 Å². The molecule has 1 aromatic rings. The molecule has 0 radical (unpaired) electrons. The Labute approximate surface area is 125 Å². The Bertz CT molecular complexity index is 581. The molecule has 21 heavy (non-hydrogen) atoms. The van der Waals surface area contributed by atoms with Gasteiger partial charge in [0.05, 0.1) is 6.26 Å². The van der Waals surface area contributed by atoms with Gasteiger partial charge in [0.15, 0.2) is 11.2 Å². The van der Waals surface area contributed by atoms with Gasteiger partial charge in [-0.05, 0) is 12.1 Å². The van der Waals surface area contributed by atoms with E-state index in [0.717, 1.165) is 16.8 Å². The molecule has 2 rings (SSSR count). The van der Waals surface area contributed by atoms with Crippen LogP contribution in [0.1, 0.15) is 25.5 Å². The predicted molar refractivity (Wildman–Crippen MR) is 75.9 cm³/mol. The van der Waals surface area contributed by atoms with Crippen LogP contribution >= 0.6 is 11.8 Å². The largest absolute Gasteiger partial charge is 0.480 e. The Morgan fingerprint density at radius 2 is 2.29 bits per heavy atom. The van der Waals surface area contributed by atoms with E-state index in [9.17, 15) is 19.5 Å². The molecule has 1 aromatic heterocycles. The van der Waals surface area contributed by atoms with E-state index in [2.05, 4.69) is 5.10 Å². The number of hydrazone groups is 1.